The Balaban J connectivity index is 1.28. The number of fused-ring (bicyclic) bond motifs is 2. The molecule has 5 aromatic rings. The first-order valence-corrected chi connectivity index (χ1v) is 11.1. The lowest BCUT2D eigenvalue weighted by Crippen LogP contribution is -2.25. The van der Waals surface area contributed by atoms with Crippen LogP contribution in [0.2, 0.25) is 0 Å². The van der Waals surface area contributed by atoms with Gasteiger partial charge in [-0.05, 0) is 61.8 Å². The van der Waals surface area contributed by atoms with Gasteiger partial charge in [-0.2, -0.15) is 5.10 Å². The Hall–Kier alpha value is -3.71. The lowest BCUT2D eigenvalue weighted by Gasteiger charge is -2.15. The van der Waals surface area contributed by atoms with E-state index in [0.717, 1.165) is 56.6 Å². The van der Waals surface area contributed by atoms with Crippen LogP contribution in [0, 0.1) is 0 Å². The molecule has 0 atom stereocenters. The number of pyridine rings is 2. The van der Waals surface area contributed by atoms with Crippen LogP contribution in [0.25, 0.3) is 44.3 Å². The highest BCUT2D eigenvalue weighted by Gasteiger charge is 2.13. The van der Waals surface area contributed by atoms with Gasteiger partial charge in [0.05, 0.1) is 17.4 Å². The topological polar surface area (TPSA) is 82.7 Å². The maximum absolute atomic E-state index is 6.00. The Morgan fingerprint density at radius 3 is 2.75 bits per heavy atom. The molecule has 2 N–H and O–H groups in total. The minimum atomic E-state index is 0.686. The van der Waals surface area contributed by atoms with Crippen molar-refractivity contribution in [3.63, 3.8) is 0 Å². The number of hydrogen-bond acceptors (Lipinski definition) is 5. The fraction of sp³-hybridized carbons (Fsp3) is 0.240. The smallest absolute Gasteiger partial charge is 0.138 e. The molecule has 0 amide bonds. The Labute approximate surface area is 185 Å². The summed E-state index contributed by atoms with van der Waals surface area (Å²) < 4.78 is 6.00. The maximum Gasteiger partial charge on any atom is 0.138 e. The molecule has 0 bridgehead atoms. The Bertz CT molecular complexity index is 1350. The van der Waals surface area contributed by atoms with Crippen molar-refractivity contribution in [3.05, 3.63) is 61.2 Å². The van der Waals surface area contributed by atoms with E-state index in [0.29, 0.717) is 6.61 Å². The predicted octanol–water partition coefficient (Wildman–Crippen LogP) is 4.64. The zero-order valence-corrected chi connectivity index (χ0v) is 17.7. The predicted molar refractivity (Wildman–Crippen MR) is 126 cm³/mol. The van der Waals surface area contributed by atoms with Gasteiger partial charge in [-0.25, -0.2) is 0 Å². The third kappa shape index (κ3) is 3.61. The van der Waals surface area contributed by atoms with Crippen molar-refractivity contribution >= 4 is 21.8 Å². The normalized spacial score (nSPS) is 14.5. The molecule has 0 aliphatic carbocycles. The minimum Gasteiger partial charge on any atom is -0.491 e. The van der Waals surface area contributed by atoms with Gasteiger partial charge in [-0.1, -0.05) is 6.07 Å². The number of benzene rings is 1. The molecule has 0 saturated carbocycles. The van der Waals surface area contributed by atoms with Gasteiger partial charge in [0.2, 0.25) is 0 Å². The number of nitrogens with one attached hydrogen (secondary N) is 2. The molecule has 0 spiro atoms. The molecular weight excluding hydrogens is 400 g/mol. The molecule has 32 heavy (non-hydrogen) atoms. The highest BCUT2D eigenvalue weighted by atomic mass is 16.5. The van der Waals surface area contributed by atoms with Crippen molar-refractivity contribution < 1.29 is 4.74 Å². The van der Waals surface area contributed by atoms with Gasteiger partial charge in [0.15, 0.2) is 0 Å². The fourth-order valence-corrected chi connectivity index (χ4v) is 4.45. The highest BCUT2D eigenvalue weighted by Crippen LogP contribution is 2.32. The molecule has 1 aliphatic rings. The first kappa shape index (κ1) is 19.0. The van der Waals surface area contributed by atoms with E-state index in [1.807, 2.05) is 18.5 Å². The highest BCUT2D eigenvalue weighted by molar-refractivity contribution is 5.97. The summed E-state index contributed by atoms with van der Waals surface area (Å²) >= 11 is 0. The van der Waals surface area contributed by atoms with Crippen molar-refractivity contribution in [3.8, 4) is 28.3 Å². The van der Waals surface area contributed by atoms with E-state index in [2.05, 4.69) is 60.4 Å². The summed E-state index contributed by atoms with van der Waals surface area (Å²) in [6.07, 6.45) is 9.90. The number of aromatic nitrogens is 5. The monoisotopic (exact) mass is 424 g/mol. The standard InChI is InChI=1S/C25H24N6O/c1-2-8-31(7-1)9-10-32-20-11-18(14-27-16-20)17-3-4-23-21(12-17)25(30-29-23)24-13-19-15-26-6-5-22(19)28-24/h3-6,11-16,28H,1-2,7-10H2,(H,29,30). The second-order valence-electron chi connectivity index (χ2n) is 8.29. The molecule has 4 aromatic heterocycles. The van der Waals surface area contributed by atoms with E-state index in [1.54, 1.807) is 12.4 Å². The van der Waals surface area contributed by atoms with Crippen molar-refractivity contribution in [1.82, 2.24) is 30.0 Å². The zero-order valence-electron chi connectivity index (χ0n) is 17.7. The van der Waals surface area contributed by atoms with Gasteiger partial charge in [0, 0.05) is 47.0 Å². The van der Waals surface area contributed by atoms with Crippen LogP contribution < -0.4 is 4.74 Å². The first-order valence-electron chi connectivity index (χ1n) is 11.1. The third-order valence-electron chi connectivity index (χ3n) is 6.16. The number of nitrogens with zero attached hydrogens (tertiary/aromatic N) is 4. The quantitative estimate of drug-likeness (QED) is 0.415. The van der Waals surface area contributed by atoms with Gasteiger partial charge < -0.3 is 9.72 Å². The second kappa shape index (κ2) is 8.09. The molecule has 1 saturated heterocycles. The van der Waals surface area contributed by atoms with E-state index in [1.165, 1.54) is 25.9 Å². The van der Waals surface area contributed by atoms with Crippen molar-refractivity contribution in [1.29, 1.82) is 0 Å². The first-order chi connectivity index (χ1) is 15.8. The van der Waals surface area contributed by atoms with Gasteiger partial charge in [-0.15, -0.1) is 0 Å². The van der Waals surface area contributed by atoms with Crippen LogP contribution >= 0.6 is 0 Å². The van der Waals surface area contributed by atoms with E-state index in [4.69, 9.17) is 4.74 Å². The second-order valence-corrected chi connectivity index (χ2v) is 8.29. The van der Waals surface area contributed by atoms with Crippen LogP contribution in [0.1, 0.15) is 12.8 Å². The van der Waals surface area contributed by atoms with Crippen molar-refractivity contribution in [2.24, 2.45) is 0 Å². The number of hydrogen-bond donors (Lipinski definition) is 2. The van der Waals surface area contributed by atoms with E-state index in [9.17, 15) is 0 Å². The van der Waals surface area contributed by atoms with Crippen LogP contribution in [0.4, 0.5) is 0 Å². The number of aromatic amines is 2. The number of ether oxygens (including phenoxy) is 1. The van der Waals surface area contributed by atoms with E-state index < -0.39 is 0 Å². The van der Waals surface area contributed by atoms with Gasteiger partial charge in [0.1, 0.15) is 18.1 Å². The summed E-state index contributed by atoms with van der Waals surface area (Å²) in [6.45, 7) is 4.02. The van der Waals surface area contributed by atoms with Gasteiger partial charge >= 0.3 is 0 Å². The summed E-state index contributed by atoms with van der Waals surface area (Å²) in [4.78, 5) is 14.5. The summed E-state index contributed by atoms with van der Waals surface area (Å²) in [5, 5.41) is 9.84. The van der Waals surface area contributed by atoms with Crippen molar-refractivity contribution in [2.75, 3.05) is 26.2 Å². The lowest BCUT2D eigenvalue weighted by atomic mass is 10.0. The molecule has 7 heteroatoms. The maximum atomic E-state index is 6.00. The number of likely N-dealkylation sites (tertiary alicyclic amines) is 1. The van der Waals surface area contributed by atoms with Crippen LogP contribution in [-0.4, -0.2) is 56.3 Å². The summed E-state index contributed by atoms with van der Waals surface area (Å²) in [6, 6.07) is 12.4. The Morgan fingerprint density at radius 1 is 0.906 bits per heavy atom. The Morgan fingerprint density at radius 2 is 1.84 bits per heavy atom. The van der Waals surface area contributed by atoms with E-state index >= 15 is 0 Å². The molecule has 7 nitrogen and oxygen atoms in total. The molecule has 160 valence electrons. The molecule has 5 heterocycles. The van der Waals surface area contributed by atoms with Crippen LogP contribution in [0.3, 0.4) is 0 Å². The average Bonchev–Trinajstić information content (AvgIpc) is 3.58. The summed E-state index contributed by atoms with van der Waals surface area (Å²) in [5.74, 6) is 0.803. The third-order valence-corrected chi connectivity index (χ3v) is 6.16. The summed E-state index contributed by atoms with van der Waals surface area (Å²) in [5.41, 5.74) is 6.00. The molecule has 6 rings (SSSR count). The molecular formula is C25H24N6O. The average molecular weight is 425 g/mol. The molecule has 1 aromatic carbocycles. The fourth-order valence-electron chi connectivity index (χ4n) is 4.45. The SMILES string of the molecule is c1cc2[nH]c(-c3n[nH]c4ccc(-c5cncc(OCCN6CCCC6)c5)cc34)cc2cn1. The molecule has 1 fully saturated rings. The lowest BCUT2D eigenvalue weighted by molar-refractivity contribution is 0.237. The number of H-pyrrole nitrogens is 2. The Kier molecular flexibility index (Phi) is 4.81. The van der Waals surface area contributed by atoms with Crippen LogP contribution in [0.5, 0.6) is 5.75 Å². The number of rotatable bonds is 6. The summed E-state index contributed by atoms with van der Waals surface area (Å²) in [7, 11) is 0. The molecule has 0 radical (unpaired) electrons. The van der Waals surface area contributed by atoms with Gasteiger partial charge in [-0.3, -0.25) is 20.0 Å². The minimum absolute atomic E-state index is 0.686. The molecule has 1 aliphatic heterocycles. The van der Waals surface area contributed by atoms with Crippen LogP contribution in [0.15, 0.2) is 61.2 Å². The van der Waals surface area contributed by atoms with Crippen LogP contribution in [-0.2, 0) is 0 Å². The largest absolute Gasteiger partial charge is 0.491 e. The van der Waals surface area contributed by atoms with Gasteiger partial charge in [0.25, 0.3) is 0 Å². The zero-order chi connectivity index (χ0) is 21.3. The van der Waals surface area contributed by atoms with Crippen molar-refractivity contribution in [2.45, 2.75) is 12.8 Å². The molecule has 0 unspecified atom stereocenters. The van der Waals surface area contributed by atoms with E-state index in [-0.39, 0.29) is 0 Å².